The number of ether oxygens (including phenoxy) is 2. The third kappa shape index (κ3) is 1.79. The van der Waals surface area contributed by atoms with E-state index in [1.165, 1.54) is 24.0 Å². The molecule has 1 atom stereocenters. The molecule has 1 N–H and O–H groups in total. The molecule has 3 heteroatoms. The number of nitrogens with one attached hydrogen (secondary N) is 1. The molecule has 3 heterocycles. The van der Waals surface area contributed by atoms with Crippen LogP contribution in [-0.2, 0) is 16.6 Å². The average molecular weight is 259 g/mol. The number of rotatable bonds is 2. The Morgan fingerprint density at radius 1 is 1.21 bits per heavy atom. The molecule has 2 saturated heterocycles. The van der Waals surface area contributed by atoms with Crippen molar-refractivity contribution in [1.29, 1.82) is 0 Å². The van der Waals surface area contributed by atoms with Gasteiger partial charge in [-0.2, -0.15) is 0 Å². The van der Waals surface area contributed by atoms with Gasteiger partial charge in [-0.25, -0.2) is 0 Å². The highest BCUT2D eigenvalue weighted by Crippen LogP contribution is 2.41. The minimum absolute atomic E-state index is 0.211. The maximum Gasteiger partial charge on any atom is 0.122 e. The normalized spacial score (nSPS) is 28.3. The number of aryl methyl sites for hydroxylation is 1. The maximum absolute atomic E-state index is 5.72. The van der Waals surface area contributed by atoms with Gasteiger partial charge < -0.3 is 14.8 Å². The van der Waals surface area contributed by atoms with Crippen LogP contribution in [0.5, 0.6) is 5.75 Å². The van der Waals surface area contributed by atoms with E-state index in [4.69, 9.17) is 9.47 Å². The molecule has 0 aromatic heterocycles. The zero-order valence-electron chi connectivity index (χ0n) is 11.3. The van der Waals surface area contributed by atoms with Gasteiger partial charge in [0.15, 0.2) is 0 Å². The Morgan fingerprint density at radius 3 is 2.89 bits per heavy atom. The quantitative estimate of drug-likeness (QED) is 0.881. The summed E-state index contributed by atoms with van der Waals surface area (Å²) in [4.78, 5) is 0. The Morgan fingerprint density at radius 2 is 2.16 bits per heavy atom. The van der Waals surface area contributed by atoms with E-state index < -0.39 is 0 Å². The lowest BCUT2D eigenvalue weighted by Gasteiger charge is -2.46. The van der Waals surface area contributed by atoms with Crippen LogP contribution < -0.4 is 10.1 Å². The number of benzene rings is 1. The van der Waals surface area contributed by atoms with Gasteiger partial charge in [0.05, 0.1) is 25.2 Å². The summed E-state index contributed by atoms with van der Waals surface area (Å²) in [7, 11) is 0. The maximum atomic E-state index is 5.72. The average Bonchev–Trinajstić information content (AvgIpc) is 2.92. The van der Waals surface area contributed by atoms with E-state index in [1.807, 2.05) is 0 Å². The van der Waals surface area contributed by atoms with Crippen LogP contribution in [0.15, 0.2) is 18.2 Å². The van der Waals surface area contributed by atoms with E-state index in [0.29, 0.717) is 6.04 Å². The molecule has 0 radical (unpaired) electrons. The first-order valence-electron chi connectivity index (χ1n) is 7.46. The molecule has 0 amide bonds. The highest BCUT2D eigenvalue weighted by atomic mass is 16.5. The van der Waals surface area contributed by atoms with Crippen LogP contribution >= 0.6 is 0 Å². The molecule has 3 nitrogen and oxygen atoms in total. The first-order valence-corrected chi connectivity index (χ1v) is 7.46. The van der Waals surface area contributed by atoms with Gasteiger partial charge in [-0.3, -0.25) is 0 Å². The molecule has 4 rings (SSSR count). The Kier molecular flexibility index (Phi) is 2.78. The molecular weight excluding hydrogens is 238 g/mol. The van der Waals surface area contributed by atoms with E-state index in [-0.39, 0.29) is 5.41 Å². The van der Waals surface area contributed by atoms with Crippen LogP contribution in [0.2, 0.25) is 0 Å². The molecule has 0 spiro atoms. The van der Waals surface area contributed by atoms with Gasteiger partial charge in [-0.05, 0) is 49.4 Å². The molecule has 102 valence electrons. The standard InChI is InChI=1S/C16H21NO2/c1-4-15(17-7-1)16(10-18-11-16)13-5-6-14-12(9-13)3-2-8-19-14/h5-6,9,15,17H,1-4,7-8,10-11H2. The minimum Gasteiger partial charge on any atom is -0.493 e. The van der Waals surface area contributed by atoms with Gasteiger partial charge in [-0.1, -0.05) is 12.1 Å². The van der Waals surface area contributed by atoms with Gasteiger partial charge in [0.1, 0.15) is 5.75 Å². The molecule has 0 bridgehead atoms. The van der Waals surface area contributed by atoms with Gasteiger partial charge in [0.25, 0.3) is 0 Å². The predicted octanol–water partition coefficient (Wildman–Crippen LogP) is 2.03. The van der Waals surface area contributed by atoms with Crippen LogP contribution in [0, 0.1) is 0 Å². The molecule has 0 aliphatic carbocycles. The largest absolute Gasteiger partial charge is 0.493 e. The molecule has 3 aliphatic rings. The van der Waals surface area contributed by atoms with Crippen molar-refractivity contribution in [2.45, 2.75) is 37.1 Å². The van der Waals surface area contributed by atoms with Crippen LogP contribution in [0.4, 0.5) is 0 Å². The summed E-state index contributed by atoms with van der Waals surface area (Å²) in [6, 6.07) is 7.38. The Bertz CT molecular complexity index is 476. The highest BCUT2D eigenvalue weighted by molar-refractivity contribution is 5.43. The summed E-state index contributed by atoms with van der Waals surface area (Å²) in [5.41, 5.74) is 3.04. The van der Waals surface area contributed by atoms with E-state index in [0.717, 1.165) is 45.0 Å². The Hall–Kier alpha value is -1.06. The number of hydrogen-bond acceptors (Lipinski definition) is 3. The molecule has 1 aromatic rings. The van der Waals surface area contributed by atoms with E-state index in [2.05, 4.69) is 23.5 Å². The fourth-order valence-corrected chi connectivity index (χ4v) is 3.72. The Balaban J connectivity index is 1.70. The second kappa shape index (κ2) is 4.50. The molecular formula is C16H21NO2. The summed E-state index contributed by atoms with van der Waals surface area (Å²) >= 11 is 0. The SMILES string of the molecule is c1cc2c(cc1C1(C3CCCN3)COC1)CCCO2. The summed E-state index contributed by atoms with van der Waals surface area (Å²) in [5, 5.41) is 3.67. The van der Waals surface area contributed by atoms with E-state index in [9.17, 15) is 0 Å². The second-order valence-corrected chi connectivity index (χ2v) is 6.07. The molecule has 19 heavy (non-hydrogen) atoms. The summed E-state index contributed by atoms with van der Waals surface area (Å²) in [6.07, 6.45) is 4.86. The van der Waals surface area contributed by atoms with Crippen molar-refractivity contribution in [3.8, 4) is 5.75 Å². The van der Waals surface area contributed by atoms with Crippen LogP contribution in [-0.4, -0.2) is 32.4 Å². The molecule has 1 unspecified atom stereocenters. The smallest absolute Gasteiger partial charge is 0.122 e. The van der Waals surface area contributed by atoms with Crippen molar-refractivity contribution in [3.63, 3.8) is 0 Å². The van der Waals surface area contributed by atoms with Crippen LogP contribution in [0.25, 0.3) is 0 Å². The van der Waals surface area contributed by atoms with Crippen molar-refractivity contribution in [1.82, 2.24) is 5.32 Å². The minimum atomic E-state index is 0.211. The lowest BCUT2D eigenvalue weighted by Crippen LogP contribution is -2.58. The molecule has 0 saturated carbocycles. The predicted molar refractivity (Wildman–Crippen MR) is 73.8 cm³/mol. The number of fused-ring (bicyclic) bond motifs is 1. The van der Waals surface area contributed by atoms with Crippen molar-refractivity contribution >= 4 is 0 Å². The first kappa shape index (κ1) is 11.7. The molecule has 1 aromatic carbocycles. The highest BCUT2D eigenvalue weighted by Gasteiger charge is 2.48. The second-order valence-electron chi connectivity index (χ2n) is 6.07. The molecule has 3 aliphatic heterocycles. The lowest BCUT2D eigenvalue weighted by atomic mass is 9.71. The molecule has 2 fully saturated rings. The van der Waals surface area contributed by atoms with Gasteiger partial charge >= 0.3 is 0 Å². The fraction of sp³-hybridized carbons (Fsp3) is 0.625. The lowest BCUT2D eigenvalue weighted by molar-refractivity contribution is -0.0761. The Labute approximate surface area is 114 Å². The van der Waals surface area contributed by atoms with Crippen molar-refractivity contribution in [2.24, 2.45) is 0 Å². The number of hydrogen-bond donors (Lipinski definition) is 1. The van der Waals surface area contributed by atoms with Crippen LogP contribution in [0.3, 0.4) is 0 Å². The zero-order chi connectivity index (χ0) is 12.7. The summed E-state index contributed by atoms with van der Waals surface area (Å²) < 4.78 is 11.3. The zero-order valence-corrected chi connectivity index (χ0v) is 11.3. The fourth-order valence-electron chi connectivity index (χ4n) is 3.72. The van der Waals surface area contributed by atoms with Gasteiger partial charge in [0.2, 0.25) is 0 Å². The third-order valence-corrected chi connectivity index (χ3v) is 4.93. The summed E-state index contributed by atoms with van der Waals surface area (Å²) in [6.45, 7) is 3.75. The van der Waals surface area contributed by atoms with Crippen molar-refractivity contribution in [3.05, 3.63) is 29.3 Å². The van der Waals surface area contributed by atoms with Gasteiger partial charge in [-0.15, -0.1) is 0 Å². The first-order chi connectivity index (χ1) is 9.38. The van der Waals surface area contributed by atoms with E-state index in [1.54, 1.807) is 0 Å². The van der Waals surface area contributed by atoms with Crippen molar-refractivity contribution in [2.75, 3.05) is 26.4 Å². The topological polar surface area (TPSA) is 30.5 Å². The monoisotopic (exact) mass is 259 g/mol. The van der Waals surface area contributed by atoms with Crippen LogP contribution in [0.1, 0.15) is 30.4 Å². The van der Waals surface area contributed by atoms with Crippen molar-refractivity contribution < 1.29 is 9.47 Å². The third-order valence-electron chi connectivity index (χ3n) is 4.93. The van der Waals surface area contributed by atoms with E-state index >= 15 is 0 Å². The van der Waals surface area contributed by atoms with Gasteiger partial charge in [0, 0.05) is 6.04 Å². The summed E-state index contributed by atoms with van der Waals surface area (Å²) in [5.74, 6) is 1.09.